The molecule has 0 aliphatic carbocycles. The predicted octanol–water partition coefficient (Wildman–Crippen LogP) is 4.41. The van der Waals surface area contributed by atoms with Crippen molar-refractivity contribution in [1.82, 2.24) is 13.7 Å². The van der Waals surface area contributed by atoms with Crippen molar-refractivity contribution in [2.45, 2.75) is 24.0 Å². The van der Waals surface area contributed by atoms with Crippen molar-refractivity contribution in [3.05, 3.63) is 71.9 Å². The van der Waals surface area contributed by atoms with Crippen LogP contribution in [0.3, 0.4) is 0 Å². The molecule has 9 heteroatoms. The number of nitrogens with one attached hydrogen (secondary N) is 1. The van der Waals surface area contributed by atoms with Crippen LogP contribution in [0.2, 0.25) is 0 Å². The zero-order valence-electron chi connectivity index (χ0n) is 18.1. The number of nitrogens with zero attached hydrogens (tertiary/aromatic N) is 3. The summed E-state index contributed by atoms with van der Waals surface area (Å²) in [7, 11) is -3.57. The van der Waals surface area contributed by atoms with Crippen LogP contribution in [0.15, 0.2) is 71.2 Å². The first kappa shape index (κ1) is 21.8. The van der Waals surface area contributed by atoms with Crippen LogP contribution >= 0.6 is 11.3 Å². The van der Waals surface area contributed by atoms with Crippen LogP contribution in [0, 0.1) is 12.8 Å². The zero-order valence-corrected chi connectivity index (χ0v) is 19.8. The first-order chi connectivity index (χ1) is 15.9. The summed E-state index contributed by atoms with van der Waals surface area (Å²) in [6.45, 7) is 2.53. The zero-order chi connectivity index (χ0) is 23.0. The minimum absolute atomic E-state index is 0.155. The quantitative estimate of drug-likeness (QED) is 0.459. The molecule has 1 aromatic carbocycles. The summed E-state index contributed by atoms with van der Waals surface area (Å²) >= 11 is 1.26. The summed E-state index contributed by atoms with van der Waals surface area (Å²) in [5, 5.41) is 2.95. The van der Waals surface area contributed by atoms with Crippen molar-refractivity contribution in [3.8, 4) is 11.3 Å². The Morgan fingerprint density at radius 3 is 2.67 bits per heavy atom. The Kier molecular flexibility index (Phi) is 5.77. The molecule has 1 saturated heterocycles. The second-order valence-electron chi connectivity index (χ2n) is 8.23. The molecule has 1 amide bonds. The number of aromatic nitrogens is 2. The molecule has 0 bridgehead atoms. The van der Waals surface area contributed by atoms with Crippen molar-refractivity contribution in [2.75, 3.05) is 18.4 Å². The van der Waals surface area contributed by atoms with Gasteiger partial charge in [0, 0.05) is 41.6 Å². The summed E-state index contributed by atoms with van der Waals surface area (Å²) in [6, 6.07) is 16.9. The number of amides is 1. The van der Waals surface area contributed by atoms with E-state index in [0.717, 1.165) is 21.8 Å². The fourth-order valence-electron chi connectivity index (χ4n) is 4.10. The maximum Gasteiger partial charge on any atom is 0.252 e. The van der Waals surface area contributed by atoms with Gasteiger partial charge in [-0.25, -0.2) is 13.4 Å². The van der Waals surface area contributed by atoms with E-state index in [1.165, 1.54) is 15.6 Å². The van der Waals surface area contributed by atoms with E-state index in [0.29, 0.717) is 29.3 Å². The number of hydrogen-bond acceptors (Lipinski definition) is 5. The monoisotopic (exact) mass is 480 g/mol. The molecule has 170 valence electrons. The lowest BCUT2D eigenvalue weighted by Gasteiger charge is -2.30. The number of hydrogen-bond donors (Lipinski definition) is 1. The molecule has 4 aromatic rings. The molecule has 0 radical (unpaired) electrons. The number of imidazole rings is 1. The van der Waals surface area contributed by atoms with Gasteiger partial charge in [-0.05, 0) is 56.2 Å². The Morgan fingerprint density at radius 2 is 1.94 bits per heavy atom. The largest absolute Gasteiger partial charge is 0.326 e. The van der Waals surface area contributed by atoms with Crippen LogP contribution in [0.4, 0.5) is 5.69 Å². The van der Waals surface area contributed by atoms with Crippen LogP contribution in [-0.4, -0.2) is 41.1 Å². The number of rotatable bonds is 5. The molecule has 1 N–H and O–H groups in total. The fraction of sp³-hybridized carbons (Fsp3) is 0.250. The smallest absolute Gasteiger partial charge is 0.252 e. The maximum absolute atomic E-state index is 13.0. The molecule has 0 saturated carbocycles. The van der Waals surface area contributed by atoms with Crippen molar-refractivity contribution >= 4 is 38.6 Å². The van der Waals surface area contributed by atoms with Crippen molar-refractivity contribution in [1.29, 1.82) is 0 Å². The van der Waals surface area contributed by atoms with E-state index < -0.39 is 10.0 Å². The molecule has 1 atom stereocenters. The van der Waals surface area contributed by atoms with Crippen LogP contribution in [-0.2, 0) is 14.8 Å². The molecule has 3 aromatic heterocycles. The molecule has 5 rings (SSSR count). The van der Waals surface area contributed by atoms with Crippen molar-refractivity contribution in [2.24, 2.45) is 5.92 Å². The molecular weight excluding hydrogens is 456 g/mol. The van der Waals surface area contributed by atoms with Crippen LogP contribution in [0.5, 0.6) is 0 Å². The third kappa shape index (κ3) is 4.44. The number of thiophene rings is 1. The third-order valence-corrected chi connectivity index (χ3v) is 9.21. The minimum atomic E-state index is -3.57. The minimum Gasteiger partial charge on any atom is -0.326 e. The number of sulfonamides is 1. The topological polar surface area (TPSA) is 83.8 Å². The molecule has 0 spiro atoms. The summed E-state index contributed by atoms with van der Waals surface area (Å²) in [4.78, 5) is 18.5. The Hall–Kier alpha value is -3.01. The van der Waals surface area contributed by atoms with E-state index in [2.05, 4.69) is 10.3 Å². The van der Waals surface area contributed by atoms with E-state index in [4.69, 9.17) is 0 Å². The number of benzene rings is 1. The molecule has 1 fully saturated rings. The van der Waals surface area contributed by atoms with Gasteiger partial charge in [-0.15, -0.1) is 11.3 Å². The second kappa shape index (κ2) is 8.74. The lowest BCUT2D eigenvalue weighted by atomic mass is 9.98. The highest BCUT2D eigenvalue weighted by atomic mass is 32.2. The summed E-state index contributed by atoms with van der Waals surface area (Å²) in [5.74, 6) is -0.537. The molecule has 0 unspecified atom stereocenters. The molecule has 1 aliphatic rings. The SMILES string of the molecule is Cc1ccc(S(=O)(=O)N2CCC[C@@H](C(=O)Nc3ccc(-c4cn5ccccc5n4)cc3)C2)s1. The maximum atomic E-state index is 13.0. The van der Waals surface area contributed by atoms with Gasteiger partial charge in [0.05, 0.1) is 11.6 Å². The standard InChI is InChI=1S/C24H24N4O3S2/c1-17-7-12-23(32-17)33(30,31)28-14-4-5-19(15-28)24(29)25-20-10-8-18(9-11-20)21-16-27-13-3-2-6-22(27)26-21/h2-3,6-13,16,19H,4-5,14-15H2,1H3,(H,25,29)/t19-/m1/s1. The van der Waals surface area contributed by atoms with Gasteiger partial charge in [0.25, 0.3) is 10.0 Å². The molecule has 7 nitrogen and oxygen atoms in total. The van der Waals surface area contributed by atoms with Gasteiger partial charge < -0.3 is 9.72 Å². The summed E-state index contributed by atoms with van der Waals surface area (Å²) in [6.07, 6.45) is 5.25. The molecule has 4 heterocycles. The number of carbonyl (C=O) groups is 1. The lowest BCUT2D eigenvalue weighted by Crippen LogP contribution is -2.43. The van der Waals surface area contributed by atoms with Crippen molar-refractivity contribution < 1.29 is 13.2 Å². The van der Waals surface area contributed by atoms with Gasteiger partial charge in [-0.1, -0.05) is 18.2 Å². The fourth-order valence-corrected chi connectivity index (χ4v) is 7.06. The third-order valence-electron chi connectivity index (χ3n) is 5.88. The number of carbonyl (C=O) groups excluding carboxylic acids is 1. The highest BCUT2D eigenvalue weighted by molar-refractivity contribution is 7.91. The van der Waals surface area contributed by atoms with Gasteiger partial charge in [-0.2, -0.15) is 4.31 Å². The molecule has 1 aliphatic heterocycles. The first-order valence-electron chi connectivity index (χ1n) is 10.8. The van der Waals surface area contributed by atoms with E-state index in [-0.39, 0.29) is 18.4 Å². The van der Waals surface area contributed by atoms with E-state index in [9.17, 15) is 13.2 Å². The van der Waals surface area contributed by atoms with E-state index >= 15 is 0 Å². The normalized spacial score (nSPS) is 17.3. The number of fused-ring (bicyclic) bond motifs is 1. The van der Waals surface area contributed by atoms with E-state index in [1.54, 1.807) is 6.07 Å². The van der Waals surface area contributed by atoms with Crippen molar-refractivity contribution in [3.63, 3.8) is 0 Å². The Morgan fingerprint density at radius 1 is 1.12 bits per heavy atom. The number of pyridine rings is 1. The number of aryl methyl sites for hydroxylation is 1. The van der Waals surface area contributed by atoms with Crippen LogP contribution in [0.1, 0.15) is 17.7 Å². The van der Waals surface area contributed by atoms with Crippen LogP contribution < -0.4 is 5.32 Å². The van der Waals surface area contributed by atoms with Gasteiger partial charge in [0.15, 0.2) is 0 Å². The average molecular weight is 481 g/mol. The predicted molar refractivity (Wildman–Crippen MR) is 130 cm³/mol. The highest BCUT2D eigenvalue weighted by Crippen LogP contribution is 2.29. The first-order valence-corrected chi connectivity index (χ1v) is 13.1. The Bertz CT molecular complexity index is 1370. The highest BCUT2D eigenvalue weighted by Gasteiger charge is 2.34. The average Bonchev–Trinajstić information content (AvgIpc) is 3.46. The lowest BCUT2D eigenvalue weighted by molar-refractivity contribution is -0.120. The van der Waals surface area contributed by atoms with Gasteiger partial charge >= 0.3 is 0 Å². The number of piperidine rings is 1. The molecular formula is C24H24N4O3S2. The second-order valence-corrected chi connectivity index (χ2v) is 11.7. The van der Waals surface area contributed by atoms with E-state index in [1.807, 2.05) is 72.2 Å². The molecule has 33 heavy (non-hydrogen) atoms. The Labute approximate surface area is 196 Å². The van der Waals surface area contributed by atoms with Gasteiger partial charge in [0.2, 0.25) is 5.91 Å². The Balaban J connectivity index is 1.26. The van der Waals surface area contributed by atoms with Gasteiger partial charge in [-0.3, -0.25) is 4.79 Å². The summed E-state index contributed by atoms with van der Waals surface area (Å²) < 4.78 is 29.7. The number of anilines is 1. The summed E-state index contributed by atoms with van der Waals surface area (Å²) in [5.41, 5.74) is 3.37. The van der Waals surface area contributed by atoms with Crippen LogP contribution in [0.25, 0.3) is 16.9 Å². The van der Waals surface area contributed by atoms with Gasteiger partial charge in [0.1, 0.15) is 9.86 Å².